The van der Waals surface area contributed by atoms with E-state index in [1.807, 2.05) is 13.0 Å². The normalized spacial score (nSPS) is 11.6. The van der Waals surface area contributed by atoms with Crippen LogP contribution >= 0.6 is 15.9 Å². The van der Waals surface area contributed by atoms with Gasteiger partial charge in [-0.1, -0.05) is 13.8 Å². The van der Waals surface area contributed by atoms with Crippen molar-refractivity contribution in [1.82, 2.24) is 9.29 Å². The van der Waals surface area contributed by atoms with E-state index in [9.17, 15) is 13.2 Å². The Morgan fingerprint density at radius 3 is 2.08 bits per heavy atom. The van der Waals surface area contributed by atoms with Crippen molar-refractivity contribution >= 4 is 37.7 Å². The highest BCUT2D eigenvalue weighted by molar-refractivity contribution is 9.10. The minimum Gasteiger partial charge on any atom is -0.293 e. The Balaban J connectivity index is 2.29. The lowest BCUT2D eigenvalue weighted by Crippen LogP contribution is -2.32. The summed E-state index contributed by atoms with van der Waals surface area (Å²) in [5, 5.41) is 0. The van der Waals surface area contributed by atoms with Crippen LogP contribution in [0.5, 0.6) is 0 Å². The van der Waals surface area contributed by atoms with Crippen molar-refractivity contribution in [3.05, 3.63) is 52.6 Å². The van der Waals surface area contributed by atoms with Crippen molar-refractivity contribution < 1.29 is 13.2 Å². The van der Waals surface area contributed by atoms with Gasteiger partial charge in [-0.25, -0.2) is 13.4 Å². The second-order valence-electron chi connectivity index (χ2n) is 5.50. The second kappa shape index (κ2) is 8.75. The molecule has 0 saturated heterocycles. The Kier molecular flexibility index (Phi) is 6.91. The summed E-state index contributed by atoms with van der Waals surface area (Å²) in [6, 6.07) is 9.61. The highest BCUT2D eigenvalue weighted by Gasteiger charge is 2.23. The number of amides is 1. The number of benzene rings is 1. The maximum atomic E-state index is 12.8. The molecule has 26 heavy (non-hydrogen) atoms. The van der Waals surface area contributed by atoms with Crippen molar-refractivity contribution in [3.8, 4) is 0 Å². The third kappa shape index (κ3) is 4.31. The lowest BCUT2D eigenvalue weighted by atomic mass is 10.2. The monoisotopic (exact) mass is 439 g/mol. The van der Waals surface area contributed by atoms with Crippen LogP contribution in [-0.4, -0.2) is 43.2 Å². The van der Waals surface area contributed by atoms with Crippen molar-refractivity contribution in [2.45, 2.75) is 25.7 Å². The van der Waals surface area contributed by atoms with Crippen LogP contribution in [0.4, 0.5) is 5.82 Å². The molecule has 2 rings (SSSR count). The SMILES string of the molecule is CCN(C(=O)c1ccc(S(=O)(=O)N(CC)CC)cc1)c1ccc(Br)cn1. The van der Waals surface area contributed by atoms with Crippen molar-refractivity contribution in [2.75, 3.05) is 24.5 Å². The van der Waals surface area contributed by atoms with E-state index in [1.165, 1.54) is 16.4 Å². The van der Waals surface area contributed by atoms with Gasteiger partial charge in [0, 0.05) is 35.9 Å². The molecule has 140 valence electrons. The predicted molar refractivity (Wildman–Crippen MR) is 106 cm³/mol. The Bertz CT molecular complexity index is 848. The summed E-state index contributed by atoms with van der Waals surface area (Å²) in [6.07, 6.45) is 1.63. The van der Waals surface area contributed by atoms with Crippen LogP contribution in [0.1, 0.15) is 31.1 Å². The van der Waals surface area contributed by atoms with Gasteiger partial charge in [0.1, 0.15) is 5.82 Å². The third-order valence-electron chi connectivity index (χ3n) is 3.99. The molecule has 0 unspecified atom stereocenters. The van der Waals surface area contributed by atoms with E-state index in [-0.39, 0.29) is 10.8 Å². The molecule has 0 saturated carbocycles. The highest BCUT2D eigenvalue weighted by Crippen LogP contribution is 2.20. The molecule has 1 aromatic heterocycles. The molecule has 1 amide bonds. The lowest BCUT2D eigenvalue weighted by molar-refractivity contribution is 0.0987. The molecule has 2 aromatic rings. The summed E-state index contributed by atoms with van der Waals surface area (Å²) in [5.41, 5.74) is 0.412. The fraction of sp³-hybridized carbons (Fsp3) is 0.333. The molecule has 0 aliphatic heterocycles. The van der Waals surface area contributed by atoms with Gasteiger partial charge in [-0.3, -0.25) is 9.69 Å². The molecule has 0 bridgehead atoms. The van der Waals surface area contributed by atoms with E-state index >= 15 is 0 Å². The average molecular weight is 440 g/mol. The number of rotatable bonds is 7. The van der Waals surface area contributed by atoms with Crippen LogP contribution in [0.15, 0.2) is 52.0 Å². The van der Waals surface area contributed by atoms with Crippen LogP contribution < -0.4 is 4.90 Å². The zero-order valence-corrected chi connectivity index (χ0v) is 17.4. The molecule has 0 N–H and O–H groups in total. The third-order valence-corrected chi connectivity index (χ3v) is 6.53. The Labute approximate surface area is 163 Å². The zero-order valence-electron chi connectivity index (χ0n) is 15.0. The Hall–Kier alpha value is -1.77. The smallest absolute Gasteiger partial charge is 0.259 e. The molecule has 0 aliphatic rings. The number of pyridine rings is 1. The largest absolute Gasteiger partial charge is 0.293 e. The van der Waals surface area contributed by atoms with Gasteiger partial charge in [0.2, 0.25) is 10.0 Å². The quantitative estimate of drug-likeness (QED) is 0.661. The fourth-order valence-corrected chi connectivity index (χ4v) is 4.27. The number of hydrogen-bond donors (Lipinski definition) is 0. The fourth-order valence-electron chi connectivity index (χ4n) is 2.58. The first-order valence-corrected chi connectivity index (χ1v) is 10.6. The van der Waals surface area contributed by atoms with Gasteiger partial charge in [0.05, 0.1) is 4.90 Å². The summed E-state index contributed by atoms with van der Waals surface area (Å²) in [6.45, 7) is 6.71. The number of aromatic nitrogens is 1. The number of nitrogens with zero attached hydrogens (tertiary/aromatic N) is 3. The molecule has 8 heteroatoms. The molecule has 1 heterocycles. The summed E-state index contributed by atoms with van der Waals surface area (Å²) >= 11 is 3.32. The first kappa shape index (κ1) is 20.5. The maximum Gasteiger partial charge on any atom is 0.259 e. The van der Waals surface area contributed by atoms with Crippen LogP contribution in [0.25, 0.3) is 0 Å². The average Bonchev–Trinajstić information content (AvgIpc) is 2.64. The van der Waals surface area contributed by atoms with E-state index in [4.69, 9.17) is 0 Å². The van der Waals surface area contributed by atoms with Gasteiger partial charge < -0.3 is 0 Å². The number of sulfonamides is 1. The van der Waals surface area contributed by atoms with E-state index < -0.39 is 10.0 Å². The van der Waals surface area contributed by atoms with Gasteiger partial charge in [-0.2, -0.15) is 4.31 Å². The van der Waals surface area contributed by atoms with E-state index in [2.05, 4.69) is 20.9 Å². The first-order valence-electron chi connectivity index (χ1n) is 8.38. The number of hydrogen-bond acceptors (Lipinski definition) is 4. The summed E-state index contributed by atoms with van der Waals surface area (Å²) in [4.78, 5) is 18.8. The van der Waals surface area contributed by atoms with Gasteiger partial charge in [0.25, 0.3) is 5.91 Å². The van der Waals surface area contributed by atoms with E-state index in [0.29, 0.717) is 31.0 Å². The molecule has 0 spiro atoms. The van der Waals surface area contributed by atoms with Crippen LogP contribution in [0.3, 0.4) is 0 Å². The highest BCUT2D eigenvalue weighted by atomic mass is 79.9. The van der Waals surface area contributed by atoms with Crippen molar-refractivity contribution in [1.29, 1.82) is 0 Å². The van der Waals surface area contributed by atoms with Gasteiger partial charge >= 0.3 is 0 Å². The first-order chi connectivity index (χ1) is 12.3. The van der Waals surface area contributed by atoms with E-state index in [1.54, 1.807) is 43.1 Å². The number of anilines is 1. The van der Waals surface area contributed by atoms with Gasteiger partial charge in [-0.05, 0) is 59.3 Å². The molecule has 0 aliphatic carbocycles. The molecule has 0 fully saturated rings. The summed E-state index contributed by atoms with van der Waals surface area (Å²) in [7, 11) is -3.54. The minimum atomic E-state index is -3.54. The second-order valence-corrected chi connectivity index (χ2v) is 8.35. The number of carbonyl (C=O) groups is 1. The number of halogens is 1. The Morgan fingerprint density at radius 1 is 1.00 bits per heavy atom. The molecule has 0 radical (unpaired) electrons. The molecule has 0 atom stereocenters. The number of carbonyl (C=O) groups excluding carboxylic acids is 1. The van der Waals surface area contributed by atoms with Gasteiger partial charge in [-0.15, -0.1) is 0 Å². The van der Waals surface area contributed by atoms with Crippen LogP contribution in [0.2, 0.25) is 0 Å². The minimum absolute atomic E-state index is 0.183. The van der Waals surface area contributed by atoms with Crippen LogP contribution in [-0.2, 0) is 10.0 Å². The van der Waals surface area contributed by atoms with Crippen molar-refractivity contribution in [2.24, 2.45) is 0 Å². The summed E-state index contributed by atoms with van der Waals surface area (Å²) < 4.78 is 27.3. The van der Waals surface area contributed by atoms with E-state index in [0.717, 1.165) is 4.47 Å². The van der Waals surface area contributed by atoms with Crippen LogP contribution in [0, 0.1) is 0 Å². The van der Waals surface area contributed by atoms with Gasteiger partial charge in [0.15, 0.2) is 0 Å². The lowest BCUT2D eigenvalue weighted by Gasteiger charge is -2.21. The molecule has 1 aromatic carbocycles. The standard InChI is InChI=1S/C18H22BrN3O3S/c1-4-21(5-2)26(24,25)16-10-7-14(8-11-16)18(23)22(6-3)17-12-9-15(19)13-20-17/h7-13H,4-6H2,1-3H3. The summed E-state index contributed by atoms with van der Waals surface area (Å²) in [5.74, 6) is 0.314. The zero-order chi connectivity index (χ0) is 19.3. The maximum absolute atomic E-state index is 12.8. The Morgan fingerprint density at radius 2 is 1.62 bits per heavy atom. The molecule has 6 nitrogen and oxygen atoms in total. The molecular weight excluding hydrogens is 418 g/mol. The topological polar surface area (TPSA) is 70.6 Å². The predicted octanol–water partition coefficient (Wildman–Crippen LogP) is 3.54. The molecular formula is C18H22BrN3O3S. The van der Waals surface area contributed by atoms with Crippen molar-refractivity contribution in [3.63, 3.8) is 0 Å².